The zero-order valence-electron chi connectivity index (χ0n) is 9.61. The maximum atomic E-state index is 10.7. The van der Waals surface area contributed by atoms with Crippen LogP contribution in [0.4, 0.5) is 0 Å². The van der Waals surface area contributed by atoms with Gasteiger partial charge in [-0.2, -0.15) is 5.26 Å². The molecular formula is C15H11NOS. The summed E-state index contributed by atoms with van der Waals surface area (Å²) >= 11 is 1.65. The highest BCUT2D eigenvalue weighted by atomic mass is 32.2. The quantitative estimate of drug-likeness (QED) is 0.781. The summed E-state index contributed by atoms with van der Waals surface area (Å²) in [5.74, 6) is -0.666. The third kappa shape index (κ3) is 2.99. The van der Waals surface area contributed by atoms with E-state index in [1.54, 1.807) is 11.8 Å². The minimum Gasteiger partial charge on any atom is -0.302 e. The molecule has 0 N–H and O–H groups in total. The molecule has 0 aromatic heterocycles. The van der Waals surface area contributed by atoms with Crippen LogP contribution in [0.5, 0.6) is 0 Å². The number of nitrogens with zero attached hydrogens (tertiary/aromatic N) is 1. The van der Waals surface area contributed by atoms with E-state index in [-0.39, 0.29) is 0 Å². The van der Waals surface area contributed by atoms with Crippen LogP contribution in [-0.2, 0) is 4.79 Å². The summed E-state index contributed by atoms with van der Waals surface area (Å²) in [6.07, 6.45) is 0.666. The Kier molecular flexibility index (Phi) is 4.16. The van der Waals surface area contributed by atoms with E-state index < -0.39 is 5.92 Å². The van der Waals surface area contributed by atoms with Gasteiger partial charge in [0.05, 0.1) is 6.07 Å². The van der Waals surface area contributed by atoms with Crippen LogP contribution in [0.25, 0.3) is 0 Å². The maximum absolute atomic E-state index is 10.7. The Balaban J connectivity index is 2.14. The number of nitriles is 1. The van der Waals surface area contributed by atoms with E-state index in [1.807, 2.05) is 60.7 Å². The summed E-state index contributed by atoms with van der Waals surface area (Å²) < 4.78 is 0. The first-order valence-electron chi connectivity index (χ1n) is 5.51. The van der Waals surface area contributed by atoms with Crippen molar-refractivity contribution in [2.45, 2.75) is 15.7 Å². The van der Waals surface area contributed by atoms with Crippen LogP contribution in [0, 0.1) is 11.3 Å². The highest BCUT2D eigenvalue weighted by Gasteiger charge is 2.08. The highest BCUT2D eigenvalue weighted by molar-refractivity contribution is 7.99. The molecule has 1 unspecified atom stereocenters. The molecule has 0 aliphatic rings. The molecule has 88 valence electrons. The zero-order valence-corrected chi connectivity index (χ0v) is 10.4. The van der Waals surface area contributed by atoms with Crippen molar-refractivity contribution in [2.24, 2.45) is 0 Å². The molecule has 2 aromatic rings. The Hall–Kier alpha value is -2.05. The van der Waals surface area contributed by atoms with Gasteiger partial charge in [-0.15, -0.1) is 0 Å². The van der Waals surface area contributed by atoms with Crippen molar-refractivity contribution >= 4 is 18.0 Å². The molecule has 3 heteroatoms. The third-order valence-electron chi connectivity index (χ3n) is 2.49. The van der Waals surface area contributed by atoms with Gasteiger partial charge in [0.1, 0.15) is 12.2 Å². The van der Waals surface area contributed by atoms with Gasteiger partial charge in [0, 0.05) is 9.79 Å². The van der Waals surface area contributed by atoms with Gasteiger partial charge in [0.25, 0.3) is 0 Å². The molecule has 0 heterocycles. The van der Waals surface area contributed by atoms with Crippen molar-refractivity contribution in [3.8, 4) is 6.07 Å². The van der Waals surface area contributed by atoms with Gasteiger partial charge in [-0.1, -0.05) is 42.1 Å². The van der Waals surface area contributed by atoms with Crippen molar-refractivity contribution in [3.63, 3.8) is 0 Å². The average molecular weight is 253 g/mol. The third-order valence-corrected chi connectivity index (χ3v) is 3.51. The lowest BCUT2D eigenvalue weighted by Crippen LogP contribution is -1.95. The molecular weight excluding hydrogens is 242 g/mol. The average Bonchev–Trinajstić information content (AvgIpc) is 2.43. The van der Waals surface area contributed by atoms with Gasteiger partial charge in [-0.25, -0.2) is 0 Å². The van der Waals surface area contributed by atoms with Crippen LogP contribution >= 0.6 is 11.8 Å². The summed E-state index contributed by atoms with van der Waals surface area (Å²) in [4.78, 5) is 12.9. The molecule has 0 fully saturated rings. The number of benzene rings is 2. The Labute approximate surface area is 110 Å². The van der Waals surface area contributed by atoms with E-state index in [2.05, 4.69) is 0 Å². The fraction of sp³-hybridized carbons (Fsp3) is 0.0667. The molecule has 2 nitrogen and oxygen atoms in total. The number of rotatable bonds is 4. The smallest absolute Gasteiger partial charge is 0.141 e. The van der Waals surface area contributed by atoms with Gasteiger partial charge in [0.15, 0.2) is 0 Å². The van der Waals surface area contributed by atoms with Crippen LogP contribution in [0.1, 0.15) is 11.5 Å². The lowest BCUT2D eigenvalue weighted by molar-refractivity contribution is -0.108. The Bertz CT molecular complexity index is 557. The van der Waals surface area contributed by atoms with Crippen LogP contribution < -0.4 is 0 Å². The topological polar surface area (TPSA) is 40.9 Å². The van der Waals surface area contributed by atoms with E-state index in [4.69, 9.17) is 5.26 Å². The monoisotopic (exact) mass is 253 g/mol. The molecule has 1 atom stereocenters. The van der Waals surface area contributed by atoms with E-state index in [0.717, 1.165) is 15.4 Å². The number of hydrogen-bond acceptors (Lipinski definition) is 3. The minimum absolute atomic E-state index is 0.666. The molecule has 0 amide bonds. The van der Waals surface area contributed by atoms with Gasteiger partial charge in [-0.05, 0) is 29.8 Å². The summed E-state index contributed by atoms with van der Waals surface area (Å²) in [6, 6.07) is 19.5. The minimum atomic E-state index is -0.666. The Morgan fingerprint density at radius 3 is 2.17 bits per heavy atom. The lowest BCUT2D eigenvalue weighted by atomic mass is 10.0. The van der Waals surface area contributed by atoms with Gasteiger partial charge in [0.2, 0.25) is 0 Å². The predicted octanol–water partition coefficient (Wildman–Crippen LogP) is 3.64. The van der Waals surface area contributed by atoms with Crippen LogP contribution in [0.2, 0.25) is 0 Å². The van der Waals surface area contributed by atoms with Crippen LogP contribution in [0.3, 0.4) is 0 Å². The second-order valence-corrected chi connectivity index (χ2v) is 4.87. The number of aldehydes is 1. The lowest BCUT2D eigenvalue weighted by Gasteiger charge is -2.04. The highest BCUT2D eigenvalue weighted by Crippen LogP contribution is 2.28. The number of carbonyl (C=O) groups excluding carboxylic acids is 1. The first kappa shape index (κ1) is 12.4. The standard InChI is InChI=1S/C15H11NOS/c16-10-13(11-17)12-6-8-15(9-7-12)18-14-4-2-1-3-5-14/h1-9,11,13H. The van der Waals surface area contributed by atoms with Crippen molar-refractivity contribution in [1.82, 2.24) is 0 Å². The van der Waals surface area contributed by atoms with Crippen LogP contribution in [-0.4, -0.2) is 6.29 Å². The van der Waals surface area contributed by atoms with Gasteiger partial charge in [-0.3, -0.25) is 0 Å². The molecule has 2 aromatic carbocycles. The largest absolute Gasteiger partial charge is 0.302 e. The fourth-order valence-corrected chi connectivity index (χ4v) is 2.39. The van der Waals surface area contributed by atoms with E-state index in [9.17, 15) is 4.79 Å². The summed E-state index contributed by atoms with van der Waals surface area (Å²) in [6.45, 7) is 0. The Morgan fingerprint density at radius 1 is 1.00 bits per heavy atom. The second kappa shape index (κ2) is 6.04. The molecule has 0 saturated heterocycles. The molecule has 0 spiro atoms. The second-order valence-electron chi connectivity index (χ2n) is 3.73. The normalized spacial score (nSPS) is 11.5. The van der Waals surface area contributed by atoms with E-state index in [0.29, 0.717) is 6.29 Å². The molecule has 0 saturated carbocycles. The fourth-order valence-electron chi connectivity index (χ4n) is 1.55. The number of carbonyl (C=O) groups is 1. The van der Waals surface area contributed by atoms with E-state index >= 15 is 0 Å². The van der Waals surface area contributed by atoms with E-state index in [1.165, 1.54) is 0 Å². The van der Waals surface area contributed by atoms with Crippen molar-refractivity contribution < 1.29 is 4.79 Å². The Morgan fingerprint density at radius 2 is 1.61 bits per heavy atom. The van der Waals surface area contributed by atoms with Crippen molar-refractivity contribution in [2.75, 3.05) is 0 Å². The first-order chi connectivity index (χ1) is 8.83. The molecule has 2 rings (SSSR count). The summed E-state index contributed by atoms with van der Waals surface area (Å²) in [5, 5.41) is 8.80. The van der Waals surface area contributed by atoms with Crippen LogP contribution in [0.15, 0.2) is 64.4 Å². The number of hydrogen-bond donors (Lipinski definition) is 0. The van der Waals surface area contributed by atoms with Crippen molar-refractivity contribution in [1.29, 1.82) is 5.26 Å². The SMILES string of the molecule is N#CC(C=O)c1ccc(Sc2ccccc2)cc1. The summed E-state index contributed by atoms with van der Waals surface area (Å²) in [5.41, 5.74) is 0.741. The maximum Gasteiger partial charge on any atom is 0.141 e. The molecule has 0 radical (unpaired) electrons. The zero-order chi connectivity index (χ0) is 12.8. The predicted molar refractivity (Wildman–Crippen MR) is 71.4 cm³/mol. The molecule has 0 aliphatic carbocycles. The molecule has 0 bridgehead atoms. The van der Waals surface area contributed by atoms with Gasteiger partial charge < -0.3 is 4.79 Å². The summed E-state index contributed by atoms with van der Waals surface area (Å²) in [7, 11) is 0. The van der Waals surface area contributed by atoms with Gasteiger partial charge >= 0.3 is 0 Å². The first-order valence-corrected chi connectivity index (χ1v) is 6.33. The molecule has 18 heavy (non-hydrogen) atoms. The molecule has 0 aliphatic heterocycles. The van der Waals surface area contributed by atoms with Crippen molar-refractivity contribution in [3.05, 3.63) is 60.2 Å².